The van der Waals surface area contributed by atoms with Crippen LogP contribution in [0.5, 0.6) is 11.5 Å². The van der Waals surface area contributed by atoms with Gasteiger partial charge in [0.1, 0.15) is 11.5 Å². The van der Waals surface area contributed by atoms with Crippen molar-refractivity contribution in [3.63, 3.8) is 0 Å². The van der Waals surface area contributed by atoms with Gasteiger partial charge in [-0.25, -0.2) is 10.2 Å². The standard InChI is InChI=1S/C24H21ClN2O4/c1-16-3-10-22(13-17(16)2)30-15-23(28)27-26-14-18-4-11-21(12-5-18)31-24(29)19-6-8-20(25)9-7-19/h3-14H,15H2,1-2H3,(H,27,28)/b26-14-. The highest BCUT2D eigenvalue weighted by atomic mass is 35.5. The van der Waals surface area contributed by atoms with Crippen molar-refractivity contribution in [2.75, 3.05) is 6.61 Å². The minimum Gasteiger partial charge on any atom is -0.484 e. The molecule has 0 spiro atoms. The fourth-order valence-corrected chi connectivity index (χ4v) is 2.66. The average molecular weight is 437 g/mol. The maximum Gasteiger partial charge on any atom is 0.343 e. The smallest absolute Gasteiger partial charge is 0.343 e. The number of carbonyl (C=O) groups excluding carboxylic acids is 2. The highest BCUT2D eigenvalue weighted by Gasteiger charge is 2.08. The van der Waals surface area contributed by atoms with Gasteiger partial charge in [0.15, 0.2) is 6.61 Å². The molecule has 0 heterocycles. The Bertz CT molecular complexity index is 1090. The topological polar surface area (TPSA) is 77.0 Å². The van der Waals surface area contributed by atoms with Gasteiger partial charge >= 0.3 is 5.97 Å². The summed E-state index contributed by atoms with van der Waals surface area (Å²) in [5, 5.41) is 4.45. The maximum atomic E-state index is 12.1. The Morgan fingerprint density at radius 2 is 1.61 bits per heavy atom. The van der Waals surface area contributed by atoms with Gasteiger partial charge in [-0.3, -0.25) is 4.79 Å². The van der Waals surface area contributed by atoms with Crippen molar-refractivity contribution in [3.05, 3.63) is 94.0 Å². The third-order valence-electron chi connectivity index (χ3n) is 4.42. The van der Waals surface area contributed by atoms with Crippen LogP contribution in [-0.4, -0.2) is 24.7 Å². The molecule has 3 rings (SSSR count). The molecule has 0 aromatic heterocycles. The van der Waals surface area contributed by atoms with Crippen LogP contribution in [0.3, 0.4) is 0 Å². The van der Waals surface area contributed by atoms with E-state index in [0.717, 1.165) is 16.7 Å². The zero-order valence-corrected chi connectivity index (χ0v) is 17.8. The first kappa shape index (κ1) is 22.1. The van der Waals surface area contributed by atoms with Gasteiger partial charge in [-0.1, -0.05) is 17.7 Å². The van der Waals surface area contributed by atoms with E-state index >= 15 is 0 Å². The zero-order chi connectivity index (χ0) is 22.2. The molecule has 158 valence electrons. The van der Waals surface area contributed by atoms with Crippen molar-refractivity contribution >= 4 is 29.7 Å². The number of ether oxygens (including phenoxy) is 2. The Morgan fingerprint density at radius 1 is 0.935 bits per heavy atom. The predicted molar refractivity (Wildman–Crippen MR) is 120 cm³/mol. The molecule has 0 bridgehead atoms. The Hall–Kier alpha value is -3.64. The summed E-state index contributed by atoms with van der Waals surface area (Å²) in [5.74, 6) is 0.172. The minimum atomic E-state index is -0.478. The molecule has 7 heteroatoms. The number of hydrogen-bond acceptors (Lipinski definition) is 5. The molecule has 0 aliphatic rings. The lowest BCUT2D eigenvalue weighted by Gasteiger charge is -2.07. The van der Waals surface area contributed by atoms with Crippen molar-refractivity contribution in [1.29, 1.82) is 0 Å². The van der Waals surface area contributed by atoms with Crippen LogP contribution in [0.25, 0.3) is 0 Å². The molecule has 0 aliphatic heterocycles. The Labute approximate surface area is 185 Å². The van der Waals surface area contributed by atoms with E-state index in [1.54, 1.807) is 48.5 Å². The number of carbonyl (C=O) groups is 2. The SMILES string of the molecule is Cc1ccc(OCC(=O)N/N=C\c2ccc(OC(=O)c3ccc(Cl)cc3)cc2)cc1C. The quantitative estimate of drug-likeness (QED) is 0.252. The first-order valence-corrected chi connectivity index (χ1v) is 9.88. The summed E-state index contributed by atoms with van der Waals surface area (Å²) in [7, 11) is 0. The van der Waals surface area contributed by atoms with Gasteiger partial charge in [0.2, 0.25) is 0 Å². The molecule has 0 aliphatic carbocycles. The van der Waals surface area contributed by atoms with Crippen LogP contribution in [0.4, 0.5) is 0 Å². The van der Waals surface area contributed by atoms with Crippen LogP contribution in [0, 0.1) is 13.8 Å². The molecule has 1 amide bonds. The second kappa shape index (κ2) is 10.4. The predicted octanol–water partition coefficient (Wildman–Crippen LogP) is 4.71. The van der Waals surface area contributed by atoms with Gasteiger partial charge in [0, 0.05) is 5.02 Å². The fraction of sp³-hybridized carbons (Fsp3) is 0.125. The van der Waals surface area contributed by atoms with E-state index in [0.29, 0.717) is 22.1 Å². The number of nitrogens with zero attached hydrogens (tertiary/aromatic N) is 1. The molecular formula is C24H21ClN2O4. The molecule has 0 fully saturated rings. The Kier molecular flexibility index (Phi) is 7.40. The number of hydrazone groups is 1. The monoisotopic (exact) mass is 436 g/mol. The summed E-state index contributed by atoms with van der Waals surface area (Å²) < 4.78 is 10.8. The number of amides is 1. The molecule has 0 saturated carbocycles. The zero-order valence-electron chi connectivity index (χ0n) is 17.1. The van der Waals surface area contributed by atoms with Crippen LogP contribution < -0.4 is 14.9 Å². The van der Waals surface area contributed by atoms with Crippen LogP contribution in [-0.2, 0) is 4.79 Å². The summed E-state index contributed by atoms with van der Waals surface area (Å²) in [4.78, 5) is 24.0. The summed E-state index contributed by atoms with van der Waals surface area (Å²) >= 11 is 5.81. The minimum absolute atomic E-state index is 0.139. The molecule has 1 N–H and O–H groups in total. The van der Waals surface area contributed by atoms with Gasteiger partial charge in [-0.05, 0) is 91.2 Å². The lowest BCUT2D eigenvalue weighted by Crippen LogP contribution is -2.24. The summed E-state index contributed by atoms with van der Waals surface area (Å²) in [6, 6.07) is 18.8. The van der Waals surface area contributed by atoms with E-state index in [2.05, 4.69) is 10.5 Å². The van der Waals surface area contributed by atoms with Crippen LogP contribution in [0.2, 0.25) is 5.02 Å². The number of hydrogen-bond donors (Lipinski definition) is 1. The molecular weight excluding hydrogens is 416 g/mol. The van der Waals surface area contributed by atoms with Crippen LogP contribution in [0.15, 0.2) is 71.8 Å². The second-order valence-electron chi connectivity index (χ2n) is 6.79. The summed E-state index contributed by atoms with van der Waals surface area (Å²) in [6.45, 7) is 3.85. The maximum absolute atomic E-state index is 12.1. The first-order chi connectivity index (χ1) is 14.9. The van der Waals surface area contributed by atoms with Gasteiger partial charge in [0.25, 0.3) is 5.91 Å². The fourth-order valence-electron chi connectivity index (χ4n) is 2.54. The van der Waals surface area contributed by atoms with Gasteiger partial charge in [0.05, 0.1) is 11.8 Å². The van der Waals surface area contributed by atoms with E-state index in [9.17, 15) is 9.59 Å². The Morgan fingerprint density at radius 3 is 2.29 bits per heavy atom. The number of esters is 1. The van der Waals surface area contributed by atoms with Crippen LogP contribution >= 0.6 is 11.6 Å². The highest BCUT2D eigenvalue weighted by molar-refractivity contribution is 6.30. The molecule has 0 radical (unpaired) electrons. The number of aryl methyl sites for hydroxylation is 2. The van der Waals surface area contributed by atoms with E-state index in [-0.39, 0.29) is 12.5 Å². The van der Waals surface area contributed by atoms with Gasteiger partial charge < -0.3 is 9.47 Å². The molecule has 0 saturated heterocycles. The lowest BCUT2D eigenvalue weighted by molar-refractivity contribution is -0.123. The normalized spacial score (nSPS) is 10.7. The third-order valence-corrected chi connectivity index (χ3v) is 4.67. The average Bonchev–Trinajstić information content (AvgIpc) is 2.76. The van der Waals surface area contributed by atoms with Crippen molar-refractivity contribution in [1.82, 2.24) is 5.43 Å². The molecule has 0 unspecified atom stereocenters. The van der Waals surface area contributed by atoms with E-state index in [1.807, 2.05) is 32.0 Å². The van der Waals surface area contributed by atoms with E-state index in [1.165, 1.54) is 6.21 Å². The van der Waals surface area contributed by atoms with Crippen molar-refractivity contribution in [3.8, 4) is 11.5 Å². The largest absolute Gasteiger partial charge is 0.484 e. The third kappa shape index (κ3) is 6.69. The number of rotatable bonds is 7. The van der Waals surface area contributed by atoms with Crippen molar-refractivity contribution in [2.45, 2.75) is 13.8 Å². The number of benzene rings is 3. The van der Waals surface area contributed by atoms with E-state index in [4.69, 9.17) is 21.1 Å². The molecule has 6 nitrogen and oxygen atoms in total. The second-order valence-corrected chi connectivity index (χ2v) is 7.23. The van der Waals surface area contributed by atoms with Crippen LogP contribution in [0.1, 0.15) is 27.0 Å². The molecule has 31 heavy (non-hydrogen) atoms. The van der Waals surface area contributed by atoms with E-state index < -0.39 is 5.97 Å². The molecule has 3 aromatic carbocycles. The Balaban J connectivity index is 1.46. The van der Waals surface area contributed by atoms with Crippen molar-refractivity contribution in [2.24, 2.45) is 5.10 Å². The lowest BCUT2D eigenvalue weighted by atomic mass is 10.1. The van der Waals surface area contributed by atoms with Crippen molar-refractivity contribution < 1.29 is 19.1 Å². The molecule has 3 aromatic rings. The van der Waals surface area contributed by atoms with Gasteiger partial charge in [-0.2, -0.15) is 5.10 Å². The number of nitrogens with one attached hydrogen (secondary N) is 1. The first-order valence-electron chi connectivity index (χ1n) is 9.50. The summed E-state index contributed by atoms with van der Waals surface area (Å²) in [6.07, 6.45) is 1.48. The number of halogens is 1. The summed E-state index contributed by atoms with van der Waals surface area (Å²) in [5.41, 5.74) is 5.79. The molecule has 0 atom stereocenters. The van der Waals surface area contributed by atoms with Gasteiger partial charge in [-0.15, -0.1) is 0 Å². The highest BCUT2D eigenvalue weighted by Crippen LogP contribution is 2.17.